The van der Waals surface area contributed by atoms with E-state index in [0.717, 1.165) is 35.5 Å². The van der Waals surface area contributed by atoms with Crippen LogP contribution in [-0.2, 0) is 6.42 Å². The minimum atomic E-state index is -0.457. The molecule has 30 heavy (non-hydrogen) atoms. The van der Waals surface area contributed by atoms with E-state index in [2.05, 4.69) is 22.1 Å². The number of fused-ring (bicyclic) bond motifs is 4. The van der Waals surface area contributed by atoms with E-state index >= 15 is 0 Å². The summed E-state index contributed by atoms with van der Waals surface area (Å²) in [4.78, 5) is 24.9. The van der Waals surface area contributed by atoms with Crippen LogP contribution in [0.3, 0.4) is 0 Å². The monoisotopic (exact) mass is 425 g/mol. The van der Waals surface area contributed by atoms with Crippen molar-refractivity contribution >= 4 is 17.5 Å². The van der Waals surface area contributed by atoms with E-state index in [1.165, 1.54) is 18.2 Å². The topological polar surface area (TPSA) is 74.8 Å². The van der Waals surface area contributed by atoms with Crippen molar-refractivity contribution in [1.82, 2.24) is 25.1 Å². The molecule has 0 saturated carbocycles. The molecule has 0 radical (unpaired) electrons. The fourth-order valence-electron chi connectivity index (χ4n) is 4.86. The minimum Gasteiger partial charge on any atom is -0.326 e. The Kier molecular flexibility index (Phi) is 4.58. The molecule has 8 heteroatoms. The van der Waals surface area contributed by atoms with E-state index in [-0.39, 0.29) is 28.9 Å². The van der Waals surface area contributed by atoms with E-state index < -0.39 is 5.82 Å². The Balaban J connectivity index is 1.65. The number of piperidine rings is 1. The van der Waals surface area contributed by atoms with Gasteiger partial charge in [0, 0.05) is 17.8 Å². The van der Waals surface area contributed by atoms with Gasteiger partial charge in [0.25, 0.3) is 5.91 Å². The van der Waals surface area contributed by atoms with Crippen LogP contribution in [-0.4, -0.2) is 37.0 Å². The Morgan fingerprint density at radius 2 is 2.10 bits per heavy atom. The molecule has 2 aliphatic rings. The largest absolute Gasteiger partial charge is 0.326 e. The summed E-state index contributed by atoms with van der Waals surface area (Å²) in [6, 6.07) is 5.67. The van der Waals surface area contributed by atoms with Crippen LogP contribution in [0.4, 0.5) is 4.39 Å². The molecule has 1 saturated heterocycles. The third-order valence-electron chi connectivity index (χ3n) is 6.21. The lowest BCUT2D eigenvalue weighted by Gasteiger charge is -2.49. The molecular weight excluding hydrogens is 405 g/mol. The highest BCUT2D eigenvalue weighted by Crippen LogP contribution is 2.47. The normalized spacial score (nSPS) is 22.7. The predicted molar refractivity (Wildman–Crippen MR) is 111 cm³/mol. The maximum atomic E-state index is 13.6. The van der Waals surface area contributed by atoms with Gasteiger partial charge in [0.15, 0.2) is 0 Å². The number of rotatable bonds is 2. The second-order valence-corrected chi connectivity index (χ2v) is 8.55. The Labute approximate surface area is 178 Å². The number of carbonyl (C=O) groups excluding carboxylic acids is 1. The van der Waals surface area contributed by atoms with Gasteiger partial charge < -0.3 is 4.90 Å². The van der Waals surface area contributed by atoms with E-state index in [1.807, 2.05) is 17.9 Å². The number of nitrogens with zero attached hydrogens (tertiary/aromatic N) is 4. The summed E-state index contributed by atoms with van der Waals surface area (Å²) < 4.78 is 13.5. The van der Waals surface area contributed by atoms with Crippen LogP contribution in [0.25, 0.3) is 11.4 Å². The number of hydrogen-bond donors (Lipinski definition) is 1. The molecule has 5 rings (SSSR count). The number of amides is 1. The fraction of sp³-hybridized carbons (Fsp3) is 0.364. The molecule has 2 bridgehead atoms. The number of aromatic nitrogens is 4. The summed E-state index contributed by atoms with van der Waals surface area (Å²) in [6.07, 6.45) is 4.27. The van der Waals surface area contributed by atoms with Crippen molar-refractivity contribution in [3.05, 3.63) is 63.9 Å². The van der Waals surface area contributed by atoms with Crippen molar-refractivity contribution in [2.24, 2.45) is 5.92 Å². The first kappa shape index (κ1) is 19.2. The maximum absolute atomic E-state index is 13.6. The first-order chi connectivity index (χ1) is 14.4. The Hall–Kier alpha value is -2.80. The van der Waals surface area contributed by atoms with Crippen molar-refractivity contribution in [3.63, 3.8) is 0 Å². The van der Waals surface area contributed by atoms with Crippen LogP contribution in [0.1, 0.15) is 53.2 Å². The smallest absolute Gasteiger partial charge is 0.256 e. The number of nitrogens with one attached hydrogen (secondary N) is 1. The highest BCUT2D eigenvalue weighted by atomic mass is 35.5. The molecule has 0 aliphatic carbocycles. The van der Waals surface area contributed by atoms with Crippen molar-refractivity contribution in [1.29, 1.82) is 0 Å². The van der Waals surface area contributed by atoms with Crippen molar-refractivity contribution in [3.8, 4) is 11.4 Å². The first-order valence-electron chi connectivity index (χ1n) is 10.1. The van der Waals surface area contributed by atoms with Crippen LogP contribution in [0, 0.1) is 18.7 Å². The van der Waals surface area contributed by atoms with Crippen LogP contribution >= 0.6 is 11.6 Å². The van der Waals surface area contributed by atoms with Crippen molar-refractivity contribution in [2.75, 3.05) is 0 Å². The van der Waals surface area contributed by atoms with E-state index in [4.69, 9.17) is 16.6 Å². The summed E-state index contributed by atoms with van der Waals surface area (Å²) in [5.74, 6) is 0.252. The predicted octanol–water partition coefficient (Wildman–Crippen LogP) is 4.51. The third-order valence-corrected chi connectivity index (χ3v) is 6.52. The van der Waals surface area contributed by atoms with E-state index in [9.17, 15) is 9.18 Å². The van der Waals surface area contributed by atoms with Gasteiger partial charge >= 0.3 is 0 Å². The molecule has 0 unspecified atom stereocenters. The molecule has 3 aromatic rings. The van der Waals surface area contributed by atoms with Crippen LogP contribution in [0.2, 0.25) is 5.02 Å². The lowest BCUT2D eigenvalue weighted by molar-refractivity contribution is 0.0226. The van der Waals surface area contributed by atoms with Crippen LogP contribution in [0.15, 0.2) is 30.5 Å². The van der Waals surface area contributed by atoms with E-state index in [0.29, 0.717) is 17.8 Å². The first-order valence-corrected chi connectivity index (χ1v) is 10.5. The summed E-state index contributed by atoms with van der Waals surface area (Å²) in [7, 11) is 0. The van der Waals surface area contributed by atoms with Gasteiger partial charge in [-0.25, -0.2) is 14.4 Å². The molecule has 1 amide bonds. The number of carbonyl (C=O) groups is 1. The summed E-state index contributed by atoms with van der Waals surface area (Å²) >= 11 is 6.23. The molecule has 1 aromatic carbocycles. The highest BCUT2D eigenvalue weighted by Gasteiger charge is 2.46. The van der Waals surface area contributed by atoms with Crippen molar-refractivity contribution < 1.29 is 9.18 Å². The molecule has 4 heterocycles. The molecule has 1 fully saturated rings. The molecule has 1 N–H and O–H groups in total. The lowest BCUT2D eigenvalue weighted by atomic mass is 9.76. The highest BCUT2D eigenvalue weighted by molar-refractivity contribution is 6.33. The molecule has 6 nitrogen and oxygen atoms in total. The average Bonchev–Trinajstić information content (AvgIpc) is 3.24. The molecule has 3 atom stereocenters. The van der Waals surface area contributed by atoms with Gasteiger partial charge in [-0.05, 0) is 56.4 Å². The summed E-state index contributed by atoms with van der Waals surface area (Å²) in [5, 5.41) is 7.21. The van der Waals surface area contributed by atoms with Gasteiger partial charge in [-0.1, -0.05) is 18.5 Å². The van der Waals surface area contributed by atoms with Gasteiger partial charge in [0.05, 0.1) is 33.7 Å². The standard InChI is InChI=1S/C22H21ClFN5O/c1-11-3-5-14-10-16-19(18-7-8-25-28-18)26-12(2)27-20(16)21(11)29(14)22(30)15-6-4-13(24)9-17(15)23/h4,6-9,11,14,21H,3,5,10H2,1-2H3,(H,25,28)/t11-,14+,21-/m1/s1. The Bertz CT molecular complexity index is 1130. The quantitative estimate of drug-likeness (QED) is 0.655. The molecule has 0 spiro atoms. The third kappa shape index (κ3) is 2.99. The molecule has 2 aromatic heterocycles. The van der Waals surface area contributed by atoms with E-state index in [1.54, 1.807) is 6.20 Å². The van der Waals surface area contributed by atoms with Crippen molar-refractivity contribution in [2.45, 2.75) is 45.2 Å². The molecule has 154 valence electrons. The van der Waals surface area contributed by atoms with Gasteiger partial charge in [-0.2, -0.15) is 5.10 Å². The lowest BCUT2D eigenvalue weighted by Crippen LogP contribution is -2.53. The Morgan fingerprint density at radius 1 is 1.27 bits per heavy atom. The summed E-state index contributed by atoms with van der Waals surface area (Å²) in [5.41, 5.74) is 3.99. The zero-order chi connectivity index (χ0) is 21.0. The Morgan fingerprint density at radius 3 is 2.83 bits per heavy atom. The number of aryl methyl sites for hydroxylation is 1. The van der Waals surface area contributed by atoms with Crippen LogP contribution in [0.5, 0.6) is 0 Å². The zero-order valence-electron chi connectivity index (χ0n) is 16.7. The second-order valence-electron chi connectivity index (χ2n) is 8.15. The average molecular weight is 426 g/mol. The number of aromatic amines is 1. The SMILES string of the molecule is Cc1nc(-c2ccn[nH]2)c2c(n1)[C@H]1[C@H](C)CC[C@@H](C2)N1C(=O)c1ccc(F)cc1Cl. The van der Waals surface area contributed by atoms with Gasteiger partial charge in [-0.3, -0.25) is 9.89 Å². The second kappa shape index (κ2) is 7.16. The van der Waals surface area contributed by atoms with Gasteiger partial charge in [0.1, 0.15) is 11.6 Å². The maximum Gasteiger partial charge on any atom is 0.256 e. The van der Waals surface area contributed by atoms with Crippen LogP contribution < -0.4 is 0 Å². The number of hydrogen-bond acceptors (Lipinski definition) is 4. The number of halogens is 2. The fourth-order valence-corrected chi connectivity index (χ4v) is 5.11. The zero-order valence-corrected chi connectivity index (χ0v) is 17.4. The minimum absolute atomic E-state index is 0.0142. The molecular formula is C22H21ClFN5O. The number of H-pyrrole nitrogens is 1. The number of benzene rings is 1. The van der Waals surface area contributed by atoms with Gasteiger partial charge in [0.2, 0.25) is 0 Å². The van der Waals surface area contributed by atoms with Gasteiger partial charge in [-0.15, -0.1) is 0 Å². The molecule has 2 aliphatic heterocycles. The summed E-state index contributed by atoms with van der Waals surface area (Å²) in [6.45, 7) is 4.01.